The Hall–Kier alpha value is -0.450. The van der Waals surface area contributed by atoms with Crippen LogP contribution in [0, 0.1) is 12.3 Å². The van der Waals surface area contributed by atoms with E-state index in [1.807, 2.05) is 6.92 Å². The summed E-state index contributed by atoms with van der Waals surface area (Å²) in [5, 5.41) is 6.81. The van der Waals surface area contributed by atoms with E-state index in [1.165, 1.54) is 5.01 Å². The highest BCUT2D eigenvalue weighted by molar-refractivity contribution is 7.09. The molecule has 0 aromatic carbocycles. The van der Waals surface area contributed by atoms with Crippen LogP contribution in [-0.2, 0) is 11.3 Å². The predicted octanol–water partition coefficient (Wildman–Crippen LogP) is 2.36. The molecule has 0 radical (unpaired) electrons. The Labute approximate surface area is 101 Å². The van der Waals surface area contributed by atoms with Gasteiger partial charge >= 0.3 is 0 Å². The van der Waals surface area contributed by atoms with Crippen molar-refractivity contribution < 1.29 is 4.74 Å². The van der Waals surface area contributed by atoms with E-state index >= 15 is 0 Å². The van der Waals surface area contributed by atoms with Gasteiger partial charge in [0.1, 0.15) is 5.01 Å². The summed E-state index contributed by atoms with van der Waals surface area (Å²) < 4.78 is 5.39. The second-order valence-corrected chi connectivity index (χ2v) is 5.85. The summed E-state index contributed by atoms with van der Waals surface area (Å²) >= 11 is 1.74. The Bertz CT molecular complexity index is 332. The van der Waals surface area contributed by atoms with Crippen LogP contribution >= 0.6 is 11.3 Å². The van der Waals surface area contributed by atoms with Crippen LogP contribution < -0.4 is 5.32 Å². The van der Waals surface area contributed by atoms with E-state index in [2.05, 4.69) is 22.6 Å². The third-order valence-corrected chi connectivity index (χ3v) is 4.16. The van der Waals surface area contributed by atoms with Crippen molar-refractivity contribution in [3.8, 4) is 0 Å². The molecule has 2 heterocycles. The van der Waals surface area contributed by atoms with Crippen LogP contribution in [0.5, 0.6) is 0 Å². The first-order valence-corrected chi connectivity index (χ1v) is 6.75. The van der Waals surface area contributed by atoms with E-state index in [9.17, 15) is 0 Å². The topological polar surface area (TPSA) is 34.1 Å². The van der Waals surface area contributed by atoms with Crippen molar-refractivity contribution in [2.45, 2.75) is 33.2 Å². The minimum atomic E-state index is 0.407. The van der Waals surface area contributed by atoms with Crippen LogP contribution in [0.15, 0.2) is 5.38 Å². The first-order chi connectivity index (χ1) is 7.68. The lowest BCUT2D eigenvalue weighted by Crippen LogP contribution is -2.36. The van der Waals surface area contributed by atoms with Crippen molar-refractivity contribution >= 4 is 11.3 Å². The average molecular weight is 240 g/mol. The highest BCUT2D eigenvalue weighted by Gasteiger charge is 2.26. The van der Waals surface area contributed by atoms with Gasteiger partial charge in [-0.2, -0.15) is 0 Å². The largest absolute Gasteiger partial charge is 0.381 e. The molecule has 1 aromatic heterocycles. The molecule has 0 aliphatic carbocycles. The normalized spacial score (nSPS) is 19.9. The molecule has 3 nitrogen and oxygen atoms in total. The zero-order valence-corrected chi connectivity index (χ0v) is 10.9. The van der Waals surface area contributed by atoms with Gasteiger partial charge in [-0.05, 0) is 25.2 Å². The summed E-state index contributed by atoms with van der Waals surface area (Å²) in [6, 6.07) is 0. The minimum Gasteiger partial charge on any atom is -0.381 e. The van der Waals surface area contributed by atoms with Gasteiger partial charge in [0.25, 0.3) is 0 Å². The van der Waals surface area contributed by atoms with Crippen molar-refractivity contribution in [1.29, 1.82) is 0 Å². The Balaban J connectivity index is 1.74. The number of aryl methyl sites for hydroxylation is 1. The van der Waals surface area contributed by atoms with Crippen LogP contribution in [0.4, 0.5) is 0 Å². The van der Waals surface area contributed by atoms with Gasteiger partial charge in [0.2, 0.25) is 0 Å². The van der Waals surface area contributed by atoms with E-state index in [1.54, 1.807) is 11.3 Å². The van der Waals surface area contributed by atoms with E-state index in [0.717, 1.165) is 44.8 Å². The first kappa shape index (κ1) is 12.0. The summed E-state index contributed by atoms with van der Waals surface area (Å²) in [4.78, 5) is 4.45. The highest BCUT2D eigenvalue weighted by Crippen LogP contribution is 2.28. The number of aromatic nitrogens is 1. The van der Waals surface area contributed by atoms with Gasteiger partial charge in [0.05, 0.1) is 0 Å². The van der Waals surface area contributed by atoms with E-state index in [-0.39, 0.29) is 0 Å². The van der Waals surface area contributed by atoms with Crippen LogP contribution in [0.2, 0.25) is 0 Å². The molecule has 0 atom stereocenters. The van der Waals surface area contributed by atoms with E-state index in [4.69, 9.17) is 4.74 Å². The lowest BCUT2D eigenvalue weighted by atomic mass is 9.82. The molecule has 1 aliphatic heterocycles. The van der Waals surface area contributed by atoms with Crippen LogP contribution in [-0.4, -0.2) is 24.7 Å². The molecule has 4 heteroatoms. The van der Waals surface area contributed by atoms with Gasteiger partial charge in [0.15, 0.2) is 0 Å². The third kappa shape index (κ3) is 3.27. The van der Waals surface area contributed by atoms with E-state index in [0.29, 0.717) is 5.41 Å². The second kappa shape index (κ2) is 5.25. The Kier molecular flexibility index (Phi) is 3.95. The molecule has 1 fully saturated rings. The Morgan fingerprint density at radius 3 is 2.88 bits per heavy atom. The molecule has 1 N–H and O–H groups in total. The van der Waals surface area contributed by atoms with Crippen molar-refractivity contribution in [3.05, 3.63) is 16.1 Å². The quantitative estimate of drug-likeness (QED) is 0.877. The minimum absolute atomic E-state index is 0.407. The lowest BCUT2D eigenvalue weighted by molar-refractivity contribution is 0.0240. The number of nitrogens with zero attached hydrogens (tertiary/aromatic N) is 1. The molecule has 2 rings (SSSR count). The van der Waals surface area contributed by atoms with Crippen molar-refractivity contribution in [3.63, 3.8) is 0 Å². The van der Waals surface area contributed by atoms with Crippen LogP contribution in [0.25, 0.3) is 0 Å². The molecule has 0 unspecified atom stereocenters. The van der Waals surface area contributed by atoms with Crippen molar-refractivity contribution in [1.82, 2.24) is 10.3 Å². The number of rotatable bonds is 4. The predicted molar refractivity (Wildman–Crippen MR) is 66.7 cm³/mol. The van der Waals surface area contributed by atoms with Crippen LogP contribution in [0.1, 0.15) is 30.5 Å². The fourth-order valence-corrected chi connectivity index (χ4v) is 2.74. The van der Waals surface area contributed by atoms with Crippen molar-refractivity contribution in [2.24, 2.45) is 5.41 Å². The maximum atomic E-state index is 5.39. The first-order valence-electron chi connectivity index (χ1n) is 5.87. The monoisotopic (exact) mass is 240 g/mol. The number of hydrogen-bond donors (Lipinski definition) is 1. The fourth-order valence-electron chi connectivity index (χ4n) is 2.00. The second-order valence-electron chi connectivity index (χ2n) is 4.91. The Morgan fingerprint density at radius 2 is 2.25 bits per heavy atom. The fraction of sp³-hybridized carbons (Fsp3) is 0.750. The molecule has 0 bridgehead atoms. The lowest BCUT2D eigenvalue weighted by Gasteiger charge is -2.33. The van der Waals surface area contributed by atoms with Crippen molar-refractivity contribution in [2.75, 3.05) is 19.8 Å². The highest BCUT2D eigenvalue weighted by atomic mass is 32.1. The molecule has 90 valence electrons. The Morgan fingerprint density at radius 1 is 1.50 bits per heavy atom. The zero-order chi connectivity index (χ0) is 11.4. The van der Waals surface area contributed by atoms with Gasteiger partial charge in [-0.1, -0.05) is 6.92 Å². The number of nitrogens with one attached hydrogen (secondary N) is 1. The SMILES string of the molecule is Cc1csc(CNCC2(C)CCOCC2)n1. The molecule has 1 saturated heterocycles. The summed E-state index contributed by atoms with van der Waals surface area (Å²) in [5.41, 5.74) is 1.53. The standard InChI is InChI=1S/C12H20N2OS/c1-10-8-16-11(14-10)7-13-9-12(2)3-5-15-6-4-12/h8,13H,3-7,9H2,1-2H3. The maximum Gasteiger partial charge on any atom is 0.107 e. The number of thiazole rings is 1. The average Bonchev–Trinajstić information content (AvgIpc) is 2.65. The number of hydrogen-bond acceptors (Lipinski definition) is 4. The molecule has 1 aromatic rings. The molecule has 1 aliphatic rings. The van der Waals surface area contributed by atoms with Gasteiger partial charge in [-0.25, -0.2) is 4.98 Å². The summed E-state index contributed by atoms with van der Waals surface area (Å²) in [6.45, 7) is 8.17. The van der Waals surface area contributed by atoms with E-state index < -0.39 is 0 Å². The third-order valence-electron chi connectivity index (χ3n) is 3.19. The molecule has 0 amide bonds. The van der Waals surface area contributed by atoms with Gasteiger partial charge < -0.3 is 10.1 Å². The van der Waals surface area contributed by atoms with Gasteiger partial charge in [-0.15, -0.1) is 11.3 Å². The molecule has 16 heavy (non-hydrogen) atoms. The molecular weight excluding hydrogens is 220 g/mol. The molecular formula is C12H20N2OS. The van der Waals surface area contributed by atoms with Crippen LogP contribution in [0.3, 0.4) is 0 Å². The number of ether oxygens (including phenoxy) is 1. The maximum absolute atomic E-state index is 5.39. The molecule has 0 saturated carbocycles. The summed E-state index contributed by atoms with van der Waals surface area (Å²) in [6.07, 6.45) is 2.33. The summed E-state index contributed by atoms with van der Waals surface area (Å²) in [7, 11) is 0. The summed E-state index contributed by atoms with van der Waals surface area (Å²) in [5.74, 6) is 0. The van der Waals surface area contributed by atoms with Gasteiger partial charge in [-0.3, -0.25) is 0 Å². The molecule has 0 spiro atoms. The smallest absolute Gasteiger partial charge is 0.107 e. The zero-order valence-electron chi connectivity index (χ0n) is 10.1. The van der Waals surface area contributed by atoms with Gasteiger partial charge in [0, 0.05) is 37.4 Å².